The Balaban J connectivity index is 1.51. The van der Waals surface area contributed by atoms with Crippen molar-refractivity contribution in [2.45, 2.75) is 68.9 Å². The predicted octanol–water partition coefficient (Wildman–Crippen LogP) is 2.61. The minimum Gasteiger partial charge on any atom is -0.382 e. The van der Waals surface area contributed by atoms with E-state index in [1.54, 1.807) is 54.6 Å². The van der Waals surface area contributed by atoms with Crippen LogP contribution in [0.3, 0.4) is 0 Å². The number of benzene rings is 2. The van der Waals surface area contributed by atoms with Crippen molar-refractivity contribution >= 4 is 23.6 Å². The summed E-state index contributed by atoms with van der Waals surface area (Å²) in [6, 6.07) is 12.9. The van der Waals surface area contributed by atoms with Gasteiger partial charge < -0.3 is 25.5 Å². The van der Waals surface area contributed by atoms with Crippen molar-refractivity contribution < 1.29 is 37.5 Å². The molecule has 9 nitrogen and oxygen atoms in total. The van der Waals surface area contributed by atoms with Crippen LogP contribution in [0.15, 0.2) is 60.7 Å². The van der Waals surface area contributed by atoms with Crippen molar-refractivity contribution in [2.24, 2.45) is 0 Å². The van der Waals surface area contributed by atoms with Gasteiger partial charge in [-0.2, -0.15) is 13.2 Å². The lowest BCUT2D eigenvalue weighted by atomic mass is 10.00. The molecule has 0 aromatic heterocycles. The topological polar surface area (TPSA) is 119 Å². The van der Waals surface area contributed by atoms with Crippen molar-refractivity contribution in [1.29, 1.82) is 0 Å². The molecule has 2 aliphatic rings. The highest BCUT2D eigenvalue weighted by Gasteiger charge is 2.46. The van der Waals surface area contributed by atoms with Gasteiger partial charge in [-0.3, -0.25) is 14.4 Å². The number of hydrogen-bond donors (Lipinski definition) is 3. The number of likely N-dealkylation sites (tertiary alicyclic amines) is 2. The predicted molar refractivity (Wildman–Crippen MR) is 147 cm³/mol. The van der Waals surface area contributed by atoms with E-state index in [0.717, 1.165) is 5.56 Å². The Hall–Kier alpha value is -3.93. The van der Waals surface area contributed by atoms with Gasteiger partial charge in [0.05, 0.1) is 6.04 Å². The van der Waals surface area contributed by atoms with Crippen LogP contribution in [0.4, 0.5) is 18.0 Å². The number of aliphatic hydroxyl groups is 1. The van der Waals surface area contributed by atoms with Gasteiger partial charge in [-0.1, -0.05) is 60.7 Å². The fourth-order valence-electron chi connectivity index (χ4n) is 5.37. The normalized spacial score (nSPS) is 19.6. The van der Waals surface area contributed by atoms with E-state index in [9.17, 15) is 37.5 Å². The first-order valence-corrected chi connectivity index (χ1v) is 14.0. The first-order valence-electron chi connectivity index (χ1n) is 14.0. The summed E-state index contributed by atoms with van der Waals surface area (Å²) in [6.45, 7) is 0.646. The smallest absolute Gasteiger partial charge is 0.382 e. The number of halogens is 3. The Morgan fingerprint density at radius 1 is 0.881 bits per heavy atom. The van der Waals surface area contributed by atoms with E-state index in [-0.39, 0.29) is 57.5 Å². The Labute approximate surface area is 242 Å². The maximum absolute atomic E-state index is 13.8. The van der Waals surface area contributed by atoms with Crippen molar-refractivity contribution in [3.63, 3.8) is 0 Å². The quantitative estimate of drug-likeness (QED) is 0.416. The minimum atomic E-state index is -4.97. The van der Waals surface area contributed by atoms with Crippen LogP contribution in [0.1, 0.15) is 36.8 Å². The molecule has 1 unspecified atom stereocenters. The molecule has 2 aliphatic heterocycles. The number of urea groups is 1. The fraction of sp³-hybridized carbons (Fsp3) is 0.467. The van der Waals surface area contributed by atoms with Crippen LogP contribution < -0.4 is 10.6 Å². The number of nitrogens with one attached hydrogen (secondary N) is 2. The summed E-state index contributed by atoms with van der Waals surface area (Å²) in [6.07, 6.45) is -6.80. The summed E-state index contributed by atoms with van der Waals surface area (Å²) in [5.74, 6) is -1.28. The molecule has 4 rings (SSSR count). The number of alkyl halides is 3. The van der Waals surface area contributed by atoms with Gasteiger partial charge in [-0.05, 0) is 30.4 Å². The summed E-state index contributed by atoms with van der Waals surface area (Å²) in [5.41, 5.74) is 1.26. The highest BCUT2D eigenvalue weighted by Crippen LogP contribution is 2.26. The molecule has 42 heavy (non-hydrogen) atoms. The molecule has 4 amide bonds. The molecule has 0 radical (unpaired) electrons. The summed E-state index contributed by atoms with van der Waals surface area (Å²) in [5, 5.41) is 15.2. The van der Waals surface area contributed by atoms with Crippen LogP contribution in [-0.2, 0) is 27.2 Å². The molecule has 2 saturated heterocycles. The lowest BCUT2D eigenvalue weighted by Crippen LogP contribution is -2.59. The molecule has 3 N–H and O–H groups in total. The van der Waals surface area contributed by atoms with Gasteiger partial charge in [-0.15, -0.1) is 0 Å². The zero-order valence-corrected chi connectivity index (χ0v) is 23.1. The molecular formula is C30H35F3N4O5. The first kappa shape index (κ1) is 31.0. The van der Waals surface area contributed by atoms with Crippen LogP contribution in [0.5, 0.6) is 0 Å². The molecule has 0 saturated carbocycles. The van der Waals surface area contributed by atoms with E-state index in [2.05, 4.69) is 10.6 Å². The molecule has 2 aromatic rings. The molecule has 2 heterocycles. The standard InChI is InChI=1S/C30H35F3N4O5/c31-30(32,33)26(39)23(18-20-8-3-1-4-9-20)34-27(40)25-12-7-15-37(25)28(41)24(19-21-10-5-2-6-11-21)35-29(42)36-16-13-22(38)14-17-36/h1-6,8-11,23-26,39H,7,12-19H2,(H,34,40)(H,35,42)/t23-,24+,25+,26?/m1/s1. The Morgan fingerprint density at radius 3 is 2.02 bits per heavy atom. The van der Waals surface area contributed by atoms with Gasteiger partial charge in [0.2, 0.25) is 11.8 Å². The largest absolute Gasteiger partial charge is 0.416 e. The van der Waals surface area contributed by atoms with Gasteiger partial charge in [0.1, 0.15) is 17.9 Å². The van der Waals surface area contributed by atoms with Crippen LogP contribution in [0.2, 0.25) is 0 Å². The van der Waals surface area contributed by atoms with Crippen LogP contribution in [-0.4, -0.2) is 88.6 Å². The second-order valence-electron chi connectivity index (χ2n) is 10.7. The average molecular weight is 589 g/mol. The maximum atomic E-state index is 13.8. The molecule has 2 aromatic carbocycles. The van der Waals surface area contributed by atoms with E-state index < -0.39 is 48.3 Å². The molecule has 0 bridgehead atoms. The number of carbonyl (C=O) groups is 4. The molecule has 12 heteroatoms. The summed E-state index contributed by atoms with van der Waals surface area (Å²) in [7, 11) is 0. The van der Waals surface area contributed by atoms with E-state index in [4.69, 9.17) is 0 Å². The number of rotatable bonds is 9. The third kappa shape index (κ3) is 8.09. The molecule has 226 valence electrons. The third-order valence-electron chi connectivity index (χ3n) is 7.67. The maximum Gasteiger partial charge on any atom is 0.416 e. The van der Waals surface area contributed by atoms with Gasteiger partial charge in [-0.25, -0.2) is 4.79 Å². The highest BCUT2D eigenvalue weighted by molar-refractivity contribution is 5.93. The molecule has 0 spiro atoms. The zero-order chi connectivity index (χ0) is 30.3. The zero-order valence-electron chi connectivity index (χ0n) is 23.1. The van der Waals surface area contributed by atoms with E-state index in [0.29, 0.717) is 12.0 Å². The lowest BCUT2D eigenvalue weighted by molar-refractivity contribution is -0.212. The molecule has 2 fully saturated rings. The average Bonchev–Trinajstić information content (AvgIpc) is 3.47. The Kier molecular flexibility index (Phi) is 10.2. The van der Waals surface area contributed by atoms with E-state index in [1.807, 2.05) is 6.07 Å². The summed E-state index contributed by atoms with van der Waals surface area (Å²) >= 11 is 0. The Bertz CT molecular complexity index is 1230. The lowest BCUT2D eigenvalue weighted by Gasteiger charge is -2.33. The van der Waals surface area contributed by atoms with Gasteiger partial charge in [0.25, 0.3) is 0 Å². The monoisotopic (exact) mass is 588 g/mol. The minimum absolute atomic E-state index is 0.0584. The number of Topliss-reactive ketones (excluding diaryl/α,β-unsaturated/α-hetero) is 1. The number of amides is 4. The SMILES string of the molecule is O=C1CCN(C(=O)N[C@@H](Cc2ccccc2)C(=O)N2CCC[C@H]2C(=O)N[C@H](Cc2ccccc2)C(O)C(F)(F)F)CC1. The van der Waals surface area contributed by atoms with Crippen LogP contribution in [0, 0.1) is 0 Å². The number of aliphatic hydroxyl groups excluding tert-OH is 1. The Morgan fingerprint density at radius 2 is 1.45 bits per heavy atom. The van der Waals surface area contributed by atoms with E-state index >= 15 is 0 Å². The third-order valence-corrected chi connectivity index (χ3v) is 7.67. The van der Waals surface area contributed by atoms with Gasteiger partial charge in [0, 0.05) is 38.9 Å². The number of carbonyl (C=O) groups excluding carboxylic acids is 4. The summed E-state index contributed by atoms with van der Waals surface area (Å²) < 4.78 is 40.5. The molecule has 0 aliphatic carbocycles. The van der Waals surface area contributed by atoms with Crippen molar-refractivity contribution in [3.05, 3.63) is 71.8 Å². The molecule has 4 atom stereocenters. The van der Waals surface area contributed by atoms with Crippen LogP contribution >= 0.6 is 0 Å². The van der Waals surface area contributed by atoms with Crippen molar-refractivity contribution in [2.75, 3.05) is 19.6 Å². The van der Waals surface area contributed by atoms with Gasteiger partial charge >= 0.3 is 12.2 Å². The first-order chi connectivity index (χ1) is 20.0. The molecular weight excluding hydrogens is 553 g/mol. The number of ketones is 1. The fourth-order valence-corrected chi connectivity index (χ4v) is 5.37. The van der Waals surface area contributed by atoms with E-state index in [1.165, 1.54) is 9.80 Å². The summed E-state index contributed by atoms with van der Waals surface area (Å²) in [4.78, 5) is 54.6. The number of piperidine rings is 1. The number of hydrogen-bond acceptors (Lipinski definition) is 5. The van der Waals surface area contributed by atoms with Crippen molar-refractivity contribution in [1.82, 2.24) is 20.4 Å². The second-order valence-corrected chi connectivity index (χ2v) is 10.7. The van der Waals surface area contributed by atoms with Crippen molar-refractivity contribution in [3.8, 4) is 0 Å². The highest BCUT2D eigenvalue weighted by atomic mass is 19.4. The van der Waals surface area contributed by atoms with Gasteiger partial charge in [0.15, 0.2) is 6.10 Å². The van der Waals surface area contributed by atoms with Crippen LogP contribution in [0.25, 0.3) is 0 Å². The number of nitrogens with zero attached hydrogens (tertiary/aromatic N) is 2. The second kappa shape index (κ2) is 13.8.